The van der Waals surface area contributed by atoms with Gasteiger partial charge in [-0.05, 0) is 61.1 Å². The molecule has 188 valence electrons. The number of amides is 2. The fourth-order valence-corrected chi connectivity index (χ4v) is 4.39. The summed E-state index contributed by atoms with van der Waals surface area (Å²) in [6.45, 7) is 0.420. The molecule has 3 N–H and O–H groups in total. The van der Waals surface area contributed by atoms with Crippen LogP contribution in [0.2, 0.25) is 0 Å². The van der Waals surface area contributed by atoms with Gasteiger partial charge in [-0.2, -0.15) is 0 Å². The monoisotopic (exact) mass is 493 g/mol. The predicted octanol–water partition coefficient (Wildman–Crippen LogP) is 5.63. The van der Waals surface area contributed by atoms with Crippen LogP contribution in [-0.2, 0) is 17.9 Å². The molecule has 4 rings (SSSR count). The van der Waals surface area contributed by atoms with Crippen LogP contribution >= 0.6 is 0 Å². The molecule has 3 aromatic rings. The number of nitrogens with zero attached hydrogens (tertiary/aromatic N) is 1. The maximum Gasteiger partial charge on any atom is 0.411 e. The van der Waals surface area contributed by atoms with Gasteiger partial charge in [0.2, 0.25) is 0 Å². The van der Waals surface area contributed by atoms with E-state index in [-0.39, 0.29) is 30.8 Å². The van der Waals surface area contributed by atoms with Gasteiger partial charge in [-0.15, -0.1) is 0 Å². The third-order valence-electron chi connectivity index (χ3n) is 6.32. The molecule has 0 unspecified atom stereocenters. The first kappa shape index (κ1) is 25.3. The lowest BCUT2D eigenvalue weighted by atomic mass is 9.90. The molecule has 1 aliphatic carbocycles. The number of benzene rings is 3. The zero-order chi connectivity index (χ0) is 25.5. The standard InChI is InChI=1S/C28H29F2N3O3/c29-22-14-21(15-23(30)16-22)27(34)33(26-12-8-24(31)9-13-26)17-19-6-10-25(11-7-19)32-28(35)36-18-20-4-2-1-3-5-20/h1-7,10-11,14-16,24,26H,8-9,12-13,17-18,31H2,(H,32,35). The summed E-state index contributed by atoms with van der Waals surface area (Å²) in [6.07, 6.45) is 2.42. The van der Waals surface area contributed by atoms with Crippen LogP contribution in [-0.4, -0.2) is 29.0 Å². The molecule has 1 aliphatic rings. The Morgan fingerprint density at radius 3 is 2.17 bits per heavy atom. The van der Waals surface area contributed by atoms with Gasteiger partial charge in [-0.25, -0.2) is 13.6 Å². The van der Waals surface area contributed by atoms with E-state index in [1.165, 1.54) is 0 Å². The first-order chi connectivity index (χ1) is 17.4. The van der Waals surface area contributed by atoms with Gasteiger partial charge < -0.3 is 15.4 Å². The molecule has 0 radical (unpaired) electrons. The fourth-order valence-electron chi connectivity index (χ4n) is 4.39. The van der Waals surface area contributed by atoms with Crippen molar-refractivity contribution in [1.29, 1.82) is 0 Å². The Bertz CT molecular complexity index is 1160. The molecule has 3 aromatic carbocycles. The van der Waals surface area contributed by atoms with Gasteiger partial charge in [0, 0.05) is 35.9 Å². The summed E-state index contributed by atoms with van der Waals surface area (Å²) in [5, 5.41) is 2.68. The zero-order valence-corrected chi connectivity index (χ0v) is 19.8. The summed E-state index contributed by atoms with van der Waals surface area (Å²) >= 11 is 0. The summed E-state index contributed by atoms with van der Waals surface area (Å²) in [7, 11) is 0. The lowest BCUT2D eigenvalue weighted by Gasteiger charge is -2.36. The van der Waals surface area contributed by atoms with Crippen LogP contribution in [0.15, 0.2) is 72.8 Å². The highest BCUT2D eigenvalue weighted by molar-refractivity contribution is 5.94. The summed E-state index contributed by atoms with van der Waals surface area (Å²) in [5.41, 5.74) is 8.26. The summed E-state index contributed by atoms with van der Waals surface area (Å²) in [4.78, 5) is 27.1. The highest BCUT2D eigenvalue weighted by atomic mass is 19.1. The van der Waals surface area contributed by atoms with E-state index in [4.69, 9.17) is 10.5 Å². The van der Waals surface area contributed by atoms with Crippen LogP contribution in [0, 0.1) is 11.6 Å². The van der Waals surface area contributed by atoms with Crippen LogP contribution in [0.4, 0.5) is 19.3 Å². The second-order valence-corrected chi connectivity index (χ2v) is 9.04. The van der Waals surface area contributed by atoms with Gasteiger partial charge in [0.15, 0.2) is 0 Å². The number of hydrogen-bond acceptors (Lipinski definition) is 4. The van der Waals surface area contributed by atoms with E-state index in [1.807, 2.05) is 30.3 Å². The lowest BCUT2D eigenvalue weighted by molar-refractivity contribution is 0.0605. The number of ether oxygens (including phenoxy) is 1. The van der Waals surface area contributed by atoms with Gasteiger partial charge in [0.25, 0.3) is 5.91 Å². The van der Waals surface area contributed by atoms with E-state index in [9.17, 15) is 18.4 Å². The van der Waals surface area contributed by atoms with Crippen molar-refractivity contribution >= 4 is 17.7 Å². The molecule has 0 aliphatic heterocycles. The van der Waals surface area contributed by atoms with Crippen molar-refractivity contribution in [1.82, 2.24) is 4.90 Å². The molecule has 0 bridgehead atoms. The number of carbonyl (C=O) groups is 2. The minimum Gasteiger partial charge on any atom is -0.444 e. The molecule has 6 nitrogen and oxygen atoms in total. The van der Waals surface area contributed by atoms with Gasteiger partial charge in [-0.1, -0.05) is 42.5 Å². The van der Waals surface area contributed by atoms with E-state index in [1.54, 1.807) is 29.2 Å². The number of hydrogen-bond donors (Lipinski definition) is 2. The maximum absolute atomic E-state index is 13.8. The van der Waals surface area contributed by atoms with Crippen molar-refractivity contribution in [3.8, 4) is 0 Å². The minimum atomic E-state index is -0.793. The molecule has 8 heteroatoms. The van der Waals surface area contributed by atoms with Gasteiger partial charge in [0.05, 0.1) is 0 Å². The maximum atomic E-state index is 13.8. The minimum absolute atomic E-state index is 0.0261. The lowest BCUT2D eigenvalue weighted by Crippen LogP contribution is -2.43. The molecule has 0 aromatic heterocycles. The van der Waals surface area contributed by atoms with Crippen LogP contribution in [0.5, 0.6) is 0 Å². The Kier molecular flexibility index (Phi) is 8.28. The topological polar surface area (TPSA) is 84.7 Å². The molecular weight excluding hydrogens is 464 g/mol. The Morgan fingerprint density at radius 1 is 0.889 bits per heavy atom. The highest BCUT2D eigenvalue weighted by Crippen LogP contribution is 2.26. The van der Waals surface area contributed by atoms with E-state index in [0.29, 0.717) is 5.69 Å². The number of rotatable bonds is 7. The first-order valence-electron chi connectivity index (χ1n) is 12.0. The average Bonchev–Trinajstić information content (AvgIpc) is 2.87. The van der Waals surface area contributed by atoms with Gasteiger partial charge in [0.1, 0.15) is 18.2 Å². The smallest absolute Gasteiger partial charge is 0.411 e. The fraction of sp³-hybridized carbons (Fsp3) is 0.286. The summed E-state index contributed by atoms with van der Waals surface area (Å²) < 4.78 is 32.8. The number of carbonyl (C=O) groups excluding carboxylic acids is 2. The molecule has 36 heavy (non-hydrogen) atoms. The van der Waals surface area contributed by atoms with Crippen LogP contribution in [0.1, 0.15) is 47.2 Å². The molecule has 0 spiro atoms. The van der Waals surface area contributed by atoms with Crippen LogP contribution in [0.3, 0.4) is 0 Å². The molecule has 2 amide bonds. The molecule has 1 fully saturated rings. The van der Waals surface area contributed by atoms with Crippen molar-refractivity contribution in [2.45, 2.75) is 50.9 Å². The molecule has 0 atom stereocenters. The summed E-state index contributed by atoms with van der Waals surface area (Å²) in [6, 6.07) is 19.3. The molecule has 1 saturated carbocycles. The quantitative estimate of drug-likeness (QED) is 0.447. The normalized spacial score (nSPS) is 17.3. The van der Waals surface area contributed by atoms with Crippen LogP contribution in [0.25, 0.3) is 0 Å². The average molecular weight is 494 g/mol. The Labute approximate surface area is 209 Å². The van der Waals surface area contributed by atoms with Crippen LogP contribution < -0.4 is 11.1 Å². The van der Waals surface area contributed by atoms with Crippen molar-refractivity contribution in [3.63, 3.8) is 0 Å². The Balaban J connectivity index is 1.43. The van der Waals surface area contributed by atoms with Crippen molar-refractivity contribution < 1.29 is 23.1 Å². The third-order valence-corrected chi connectivity index (χ3v) is 6.32. The number of nitrogens with two attached hydrogens (primary N) is 1. The van der Waals surface area contributed by atoms with Crippen molar-refractivity contribution in [3.05, 3.63) is 101 Å². The third kappa shape index (κ3) is 6.88. The highest BCUT2D eigenvalue weighted by Gasteiger charge is 2.29. The molecule has 0 saturated heterocycles. The first-order valence-corrected chi connectivity index (χ1v) is 12.0. The van der Waals surface area contributed by atoms with Gasteiger partial charge in [-0.3, -0.25) is 10.1 Å². The molecular formula is C28H29F2N3O3. The van der Waals surface area contributed by atoms with E-state index >= 15 is 0 Å². The summed E-state index contributed by atoms with van der Waals surface area (Å²) in [5.74, 6) is -2.02. The zero-order valence-electron chi connectivity index (χ0n) is 19.8. The van der Waals surface area contributed by atoms with Crippen molar-refractivity contribution in [2.75, 3.05) is 5.32 Å². The Morgan fingerprint density at radius 2 is 1.53 bits per heavy atom. The molecule has 0 heterocycles. The number of anilines is 1. The second kappa shape index (κ2) is 11.8. The van der Waals surface area contributed by atoms with E-state index in [2.05, 4.69) is 5.32 Å². The van der Waals surface area contributed by atoms with E-state index < -0.39 is 23.6 Å². The second-order valence-electron chi connectivity index (χ2n) is 9.04. The van der Waals surface area contributed by atoms with Gasteiger partial charge >= 0.3 is 6.09 Å². The number of halogens is 2. The largest absolute Gasteiger partial charge is 0.444 e. The van der Waals surface area contributed by atoms with Crippen molar-refractivity contribution in [2.24, 2.45) is 5.73 Å². The predicted molar refractivity (Wildman–Crippen MR) is 133 cm³/mol. The van der Waals surface area contributed by atoms with E-state index in [0.717, 1.165) is 55.0 Å². The number of nitrogens with one attached hydrogen (secondary N) is 1. The Hall–Kier alpha value is -3.78. The SMILES string of the molecule is NC1CCC(N(Cc2ccc(NC(=O)OCc3ccccc3)cc2)C(=O)c2cc(F)cc(F)c2)CC1.